The summed E-state index contributed by atoms with van der Waals surface area (Å²) in [4.78, 5) is 44.3. The van der Waals surface area contributed by atoms with Crippen LogP contribution in [0, 0.1) is 0 Å². The van der Waals surface area contributed by atoms with Gasteiger partial charge in [0.05, 0.1) is 13.2 Å². The molecule has 0 aliphatic rings. The quantitative estimate of drug-likeness (QED) is 0.390. The number of amides is 3. The minimum Gasteiger partial charge on any atom is -0.461 e. The van der Waals surface area contributed by atoms with Crippen LogP contribution in [0.1, 0.15) is 40.0 Å². The molecule has 0 aromatic heterocycles. The van der Waals surface area contributed by atoms with E-state index >= 15 is 0 Å². The molecule has 0 aromatic carbocycles. The highest BCUT2D eigenvalue weighted by Gasteiger charge is 2.12. The zero-order valence-electron chi connectivity index (χ0n) is 12.7. The second-order valence-corrected chi connectivity index (χ2v) is 4.45. The van der Waals surface area contributed by atoms with Gasteiger partial charge in [-0.1, -0.05) is 6.92 Å². The first-order valence-corrected chi connectivity index (χ1v) is 6.80. The second-order valence-electron chi connectivity index (χ2n) is 4.45. The Labute approximate surface area is 124 Å². The van der Waals surface area contributed by atoms with Gasteiger partial charge in [0.15, 0.2) is 0 Å². The average molecular weight is 301 g/mol. The molecule has 0 spiro atoms. The summed E-state index contributed by atoms with van der Waals surface area (Å²) in [6.07, 6.45) is 0.287. The van der Waals surface area contributed by atoms with Gasteiger partial charge in [0.1, 0.15) is 6.10 Å². The molecule has 21 heavy (non-hydrogen) atoms. The molecule has 0 saturated heterocycles. The monoisotopic (exact) mass is 301 g/mol. The zero-order chi connectivity index (χ0) is 16.3. The lowest BCUT2D eigenvalue weighted by Gasteiger charge is -2.15. The van der Waals surface area contributed by atoms with Crippen molar-refractivity contribution in [3.05, 3.63) is 0 Å². The number of nitrogens with one attached hydrogen (secondary N) is 3. The fourth-order valence-corrected chi connectivity index (χ4v) is 1.40. The molecule has 8 heteroatoms. The van der Waals surface area contributed by atoms with Gasteiger partial charge >= 0.3 is 5.97 Å². The maximum atomic E-state index is 11.5. The topological polar surface area (TPSA) is 114 Å². The fraction of sp³-hybridized carbons (Fsp3) is 0.692. The third-order valence-electron chi connectivity index (χ3n) is 2.52. The average Bonchev–Trinajstić information content (AvgIpc) is 2.40. The van der Waals surface area contributed by atoms with Crippen LogP contribution >= 0.6 is 0 Å². The maximum absolute atomic E-state index is 11.5. The van der Waals surface area contributed by atoms with Gasteiger partial charge in [-0.05, 0) is 6.42 Å². The zero-order valence-corrected chi connectivity index (χ0v) is 12.7. The van der Waals surface area contributed by atoms with Crippen LogP contribution in [-0.2, 0) is 23.9 Å². The van der Waals surface area contributed by atoms with E-state index in [0.29, 0.717) is 6.42 Å². The molecule has 0 aromatic rings. The molecule has 0 radical (unpaired) electrons. The van der Waals surface area contributed by atoms with E-state index in [1.165, 1.54) is 13.8 Å². The van der Waals surface area contributed by atoms with E-state index in [4.69, 9.17) is 4.74 Å². The number of hydrogen-bond donors (Lipinski definition) is 3. The third kappa shape index (κ3) is 11.4. The first-order chi connectivity index (χ1) is 9.85. The summed E-state index contributed by atoms with van der Waals surface area (Å²) in [6, 6.07) is 0. The van der Waals surface area contributed by atoms with Crippen LogP contribution in [0.2, 0.25) is 0 Å². The van der Waals surface area contributed by atoms with E-state index in [1.54, 1.807) is 0 Å². The lowest BCUT2D eigenvalue weighted by atomic mass is 10.2. The number of carbonyl (C=O) groups excluding carboxylic acids is 4. The number of carbonyl (C=O) groups is 4. The third-order valence-corrected chi connectivity index (χ3v) is 2.52. The van der Waals surface area contributed by atoms with Crippen LogP contribution in [0.3, 0.4) is 0 Å². The minimum absolute atomic E-state index is 0.0236. The van der Waals surface area contributed by atoms with Crippen molar-refractivity contribution in [1.29, 1.82) is 0 Å². The molecule has 0 saturated carbocycles. The molecule has 0 fully saturated rings. The van der Waals surface area contributed by atoms with Crippen molar-refractivity contribution in [2.24, 2.45) is 0 Å². The van der Waals surface area contributed by atoms with Crippen LogP contribution in [0.15, 0.2) is 0 Å². The van der Waals surface area contributed by atoms with Crippen LogP contribution in [0.4, 0.5) is 0 Å². The van der Waals surface area contributed by atoms with Crippen LogP contribution in [0.25, 0.3) is 0 Å². The normalized spacial score (nSPS) is 11.2. The van der Waals surface area contributed by atoms with Crippen LogP contribution < -0.4 is 16.0 Å². The minimum atomic E-state index is -0.395. The Bertz CT molecular complexity index is 384. The highest BCUT2D eigenvalue weighted by atomic mass is 16.5. The van der Waals surface area contributed by atoms with Crippen molar-refractivity contribution in [3.8, 4) is 0 Å². The SMILES string of the molecule is CCC(CNC(=O)CCC(=O)NCNC(C)=O)OC(C)=O. The smallest absolute Gasteiger partial charge is 0.302 e. The second kappa shape index (κ2) is 10.6. The molecule has 0 heterocycles. The number of ether oxygens (including phenoxy) is 1. The van der Waals surface area contributed by atoms with Gasteiger partial charge in [0.25, 0.3) is 0 Å². The predicted octanol–water partition coefficient (Wildman–Crippen LogP) is -0.566. The van der Waals surface area contributed by atoms with Crippen molar-refractivity contribution in [2.45, 2.75) is 46.1 Å². The molecule has 3 amide bonds. The molecule has 3 N–H and O–H groups in total. The van der Waals surface area contributed by atoms with Gasteiger partial charge in [-0.15, -0.1) is 0 Å². The number of hydrogen-bond acceptors (Lipinski definition) is 5. The Morgan fingerprint density at radius 3 is 2.00 bits per heavy atom. The Kier molecular flexibility index (Phi) is 9.57. The molecule has 0 aliphatic carbocycles. The molecule has 1 atom stereocenters. The maximum Gasteiger partial charge on any atom is 0.302 e. The fourth-order valence-electron chi connectivity index (χ4n) is 1.40. The van der Waals surface area contributed by atoms with E-state index in [0.717, 1.165) is 0 Å². The highest BCUT2D eigenvalue weighted by Crippen LogP contribution is 1.97. The molecule has 8 nitrogen and oxygen atoms in total. The summed E-state index contributed by atoms with van der Waals surface area (Å²) in [5.41, 5.74) is 0. The standard InChI is InChI=1S/C13H23N3O5/c1-4-11(21-10(3)18)7-14-12(19)5-6-13(20)16-8-15-9(2)17/h11H,4-8H2,1-3H3,(H,14,19)(H,15,17)(H,16,20). The van der Waals surface area contributed by atoms with Crippen molar-refractivity contribution in [1.82, 2.24) is 16.0 Å². The van der Waals surface area contributed by atoms with E-state index in [-0.39, 0.29) is 49.9 Å². The van der Waals surface area contributed by atoms with E-state index in [1.807, 2.05) is 6.92 Å². The lowest BCUT2D eigenvalue weighted by Crippen LogP contribution is -2.37. The van der Waals surface area contributed by atoms with E-state index < -0.39 is 5.97 Å². The Morgan fingerprint density at radius 1 is 0.952 bits per heavy atom. The van der Waals surface area contributed by atoms with Crippen LogP contribution in [0.5, 0.6) is 0 Å². The summed E-state index contributed by atoms with van der Waals surface area (Å²) in [5, 5.41) is 7.46. The molecular weight excluding hydrogens is 278 g/mol. The summed E-state index contributed by atoms with van der Waals surface area (Å²) < 4.78 is 4.98. The number of esters is 1. The summed E-state index contributed by atoms with van der Waals surface area (Å²) >= 11 is 0. The van der Waals surface area contributed by atoms with Crippen molar-refractivity contribution in [3.63, 3.8) is 0 Å². The lowest BCUT2D eigenvalue weighted by molar-refractivity contribution is -0.146. The summed E-state index contributed by atoms with van der Waals surface area (Å²) in [6.45, 7) is 4.76. The van der Waals surface area contributed by atoms with Crippen molar-refractivity contribution >= 4 is 23.7 Å². The Morgan fingerprint density at radius 2 is 1.52 bits per heavy atom. The number of rotatable bonds is 9. The summed E-state index contributed by atoms with van der Waals surface area (Å²) in [5.74, 6) is -1.27. The largest absolute Gasteiger partial charge is 0.461 e. The molecule has 1 unspecified atom stereocenters. The molecule has 120 valence electrons. The van der Waals surface area contributed by atoms with Gasteiger partial charge < -0.3 is 20.7 Å². The van der Waals surface area contributed by atoms with Gasteiger partial charge in [0, 0.05) is 26.7 Å². The highest BCUT2D eigenvalue weighted by molar-refractivity contribution is 5.84. The molecule has 0 bridgehead atoms. The van der Waals surface area contributed by atoms with E-state index in [9.17, 15) is 19.2 Å². The molecule has 0 rings (SSSR count). The van der Waals surface area contributed by atoms with Crippen LogP contribution in [-0.4, -0.2) is 43.0 Å². The first kappa shape index (κ1) is 18.9. The van der Waals surface area contributed by atoms with E-state index in [2.05, 4.69) is 16.0 Å². The van der Waals surface area contributed by atoms with Crippen molar-refractivity contribution < 1.29 is 23.9 Å². The van der Waals surface area contributed by atoms with Gasteiger partial charge in [-0.3, -0.25) is 19.2 Å². The molecule has 0 aliphatic heterocycles. The predicted molar refractivity (Wildman–Crippen MR) is 74.9 cm³/mol. The summed E-state index contributed by atoms with van der Waals surface area (Å²) in [7, 11) is 0. The van der Waals surface area contributed by atoms with Gasteiger partial charge in [-0.2, -0.15) is 0 Å². The Balaban J connectivity index is 3.81. The molecular formula is C13H23N3O5. The van der Waals surface area contributed by atoms with Gasteiger partial charge in [0.2, 0.25) is 17.7 Å². The van der Waals surface area contributed by atoms with Gasteiger partial charge in [-0.25, -0.2) is 0 Å². The van der Waals surface area contributed by atoms with Crippen molar-refractivity contribution in [2.75, 3.05) is 13.2 Å². The first-order valence-electron chi connectivity index (χ1n) is 6.80. The Hall–Kier alpha value is -2.12.